The van der Waals surface area contributed by atoms with Crippen LogP contribution in [0.1, 0.15) is 25.3 Å². The van der Waals surface area contributed by atoms with Crippen LogP contribution in [-0.2, 0) is 5.54 Å². The van der Waals surface area contributed by atoms with Gasteiger partial charge in [-0.1, -0.05) is 30.3 Å². The topological polar surface area (TPSA) is 29.3 Å². The van der Waals surface area contributed by atoms with Gasteiger partial charge in [0.25, 0.3) is 0 Å². The fourth-order valence-corrected chi connectivity index (χ4v) is 2.41. The van der Waals surface area contributed by atoms with Crippen molar-refractivity contribution in [2.75, 3.05) is 13.6 Å². The summed E-state index contributed by atoms with van der Waals surface area (Å²) in [5, 5.41) is 0. The normalized spacial score (nSPS) is 32.9. The van der Waals surface area contributed by atoms with E-state index in [1.165, 1.54) is 5.56 Å². The number of hydrogen-bond acceptors (Lipinski definition) is 2. The highest BCUT2D eigenvalue weighted by atomic mass is 15.1. The van der Waals surface area contributed by atoms with Crippen molar-refractivity contribution < 1.29 is 0 Å². The Morgan fingerprint density at radius 2 is 2.00 bits per heavy atom. The molecule has 0 amide bonds. The van der Waals surface area contributed by atoms with Crippen LogP contribution < -0.4 is 5.73 Å². The molecule has 15 heavy (non-hydrogen) atoms. The molecule has 0 aromatic heterocycles. The number of rotatable bonds is 1. The molecule has 0 spiro atoms. The Morgan fingerprint density at radius 1 is 1.33 bits per heavy atom. The summed E-state index contributed by atoms with van der Waals surface area (Å²) in [6.45, 7) is 3.34. The number of nitrogens with zero attached hydrogens (tertiary/aromatic N) is 1. The standard InChI is InChI=1S/C13H20N2/c1-11-10-13(14,8-9-15(11)2)12-6-4-3-5-7-12/h3-7,11H,8-10,14H2,1-2H3. The van der Waals surface area contributed by atoms with Gasteiger partial charge in [-0.05, 0) is 32.4 Å². The van der Waals surface area contributed by atoms with Crippen LogP contribution in [0.3, 0.4) is 0 Å². The minimum absolute atomic E-state index is 0.118. The first-order valence-corrected chi connectivity index (χ1v) is 5.66. The van der Waals surface area contributed by atoms with Crippen LogP contribution >= 0.6 is 0 Å². The van der Waals surface area contributed by atoms with Crippen molar-refractivity contribution in [1.29, 1.82) is 0 Å². The van der Waals surface area contributed by atoms with Crippen LogP contribution in [0.5, 0.6) is 0 Å². The fraction of sp³-hybridized carbons (Fsp3) is 0.538. The summed E-state index contributed by atoms with van der Waals surface area (Å²) in [4.78, 5) is 2.38. The van der Waals surface area contributed by atoms with Crippen LogP contribution in [0.4, 0.5) is 0 Å². The SMILES string of the molecule is CC1CC(N)(c2ccccc2)CCN1C. The van der Waals surface area contributed by atoms with Gasteiger partial charge in [0.15, 0.2) is 0 Å². The number of nitrogens with two attached hydrogens (primary N) is 1. The van der Waals surface area contributed by atoms with Crippen molar-refractivity contribution in [3.63, 3.8) is 0 Å². The first kappa shape index (κ1) is 10.7. The Labute approximate surface area is 92.1 Å². The van der Waals surface area contributed by atoms with E-state index in [2.05, 4.69) is 43.1 Å². The van der Waals surface area contributed by atoms with Crippen LogP contribution in [0, 0.1) is 0 Å². The molecule has 2 rings (SSSR count). The minimum atomic E-state index is -0.118. The molecule has 0 bridgehead atoms. The number of likely N-dealkylation sites (tertiary alicyclic amines) is 1. The lowest BCUT2D eigenvalue weighted by Crippen LogP contribution is -2.50. The molecule has 1 aromatic rings. The van der Waals surface area contributed by atoms with Crippen molar-refractivity contribution in [2.24, 2.45) is 5.73 Å². The average molecular weight is 204 g/mol. The zero-order chi connectivity index (χ0) is 10.9. The Kier molecular flexibility index (Phi) is 2.81. The van der Waals surface area contributed by atoms with Gasteiger partial charge < -0.3 is 10.6 Å². The van der Waals surface area contributed by atoms with E-state index in [-0.39, 0.29) is 5.54 Å². The molecule has 2 N–H and O–H groups in total. The molecule has 82 valence electrons. The third-order valence-electron chi connectivity index (χ3n) is 3.67. The zero-order valence-corrected chi connectivity index (χ0v) is 9.61. The van der Waals surface area contributed by atoms with Gasteiger partial charge in [0.05, 0.1) is 0 Å². The molecule has 0 saturated carbocycles. The van der Waals surface area contributed by atoms with E-state index in [0.717, 1.165) is 19.4 Å². The first-order valence-electron chi connectivity index (χ1n) is 5.66. The number of piperidine rings is 1. The summed E-state index contributed by atoms with van der Waals surface area (Å²) in [5.41, 5.74) is 7.67. The third-order valence-corrected chi connectivity index (χ3v) is 3.67. The van der Waals surface area contributed by atoms with Crippen LogP contribution in [-0.4, -0.2) is 24.5 Å². The lowest BCUT2D eigenvalue weighted by atomic mass is 9.79. The predicted octanol–water partition coefficient (Wildman–Crippen LogP) is 1.95. The monoisotopic (exact) mass is 204 g/mol. The van der Waals surface area contributed by atoms with Gasteiger partial charge in [0.2, 0.25) is 0 Å². The lowest BCUT2D eigenvalue weighted by Gasteiger charge is -2.42. The second-order valence-electron chi connectivity index (χ2n) is 4.81. The first-order chi connectivity index (χ1) is 7.12. The highest BCUT2D eigenvalue weighted by Crippen LogP contribution is 2.32. The van der Waals surface area contributed by atoms with E-state index in [1.807, 2.05) is 6.07 Å². The summed E-state index contributed by atoms with van der Waals surface area (Å²) in [5.74, 6) is 0. The lowest BCUT2D eigenvalue weighted by molar-refractivity contribution is 0.132. The number of benzene rings is 1. The molecule has 1 aliphatic heterocycles. The van der Waals surface area contributed by atoms with Gasteiger partial charge in [-0.2, -0.15) is 0 Å². The molecule has 1 fully saturated rings. The Balaban J connectivity index is 2.21. The summed E-state index contributed by atoms with van der Waals surface area (Å²) in [6, 6.07) is 11.1. The average Bonchev–Trinajstić information content (AvgIpc) is 2.26. The maximum absolute atomic E-state index is 6.51. The molecule has 0 radical (unpaired) electrons. The van der Waals surface area contributed by atoms with Crippen molar-refractivity contribution in [3.8, 4) is 0 Å². The molecular formula is C13H20N2. The molecule has 1 heterocycles. The smallest absolute Gasteiger partial charge is 0.0436 e. The minimum Gasteiger partial charge on any atom is -0.321 e. The van der Waals surface area contributed by atoms with Gasteiger partial charge in [-0.15, -0.1) is 0 Å². The summed E-state index contributed by atoms with van der Waals surface area (Å²) in [6.07, 6.45) is 2.10. The molecule has 2 atom stereocenters. The molecule has 1 saturated heterocycles. The Bertz CT molecular complexity index is 323. The van der Waals surface area contributed by atoms with E-state index in [9.17, 15) is 0 Å². The van der Waals surface area contributed by atoms with E-state index in [4.69, 9.17) is 5.73 Å². The number of hydrogen-bond donors (Lipinski definition) is 1. The van der Waals surface area contributed by atoms with E-state index >= 15 is 0 Å². The predicted molar refractivity (Wildman–Crippen MR) is 63.6 cm³/mol. The van der Waals surface area contributed by atoms with E-state index in [1.54, 1.807) is 0 Å². The van der Waals surface area contributed by atoms with Crippen molar-refractivity contribution in [1.82, 2.24) is 4.90 Å². The van der Waals surface area contributed by atoms with Crippen LogP contribution in [0.2, 0.25) is 0 Å². The molecule has 2 unspecified atom stereocenters. The molecule has 1 aromatic carbocycles. The summed E-state index contributed by atoms with van der Waals surface area (Å²) < 4.78 is 0. The Morgan fingerprint density at radius 3 is 2.60 bits per heavy atom. The van der Waals surface area contributed by atoms with E-state index in [0.29, 0.717) is 6.04 Å². The van der Waals surface area contributed by atoms with Crippen molar-refractivity contribution in [2.45, 2.75) is 31.3 Å². The highest BCUT2D eigenvalue weighted by Gasteiger charge is 2.34. The summed E-state index contributed by atoms with van der Waals surface area (Å²) in [7, 11) is 2.18. The summed E-state index contributed by atoms with van der Waals surface area (Å²) >= 11 is 0. The van der Waals surface area contributed by atoms with Gasteiger partial charge in [-0.25, -0.2) is 0 Å². The van der Waals surface area contributed by atoms with Gasteiger partial charge in [-0.3, -0.25) is 0 Å². The third kappa shape index (κ3) is 2.06. The van der Waals surface area contributed by atoms with Crippen LogP contribution in [0.25, 0.3) is 0 Å². The van der Waals surface area contributed by atoms with Gasteiger partial charge >= 0.3 is 0 Å². The quantitative estimate of drug-likeness (QED) is 0.757. The zero-order valence-electron chi connectivity index (χ0n) is 9.61. The fourth-order valence-electron chi connectivity index (χ4n) is 2.41. The molecule has 1 aliphatic rings. The highest BCUT2D eigenvalue weighted by molar-refractivity contribution is 5.25. The molecule has 2 nitrogen and oxygen atoms in total. The second-order valence-corrected chi connectivity index (χ2v) is 4.81. The van der Waals surface area contributed by atoms with Gasteiger partial charge in [0, 0.05) is 18.1 Å². The molecule has 0 aliphatic carbocycles. The molecular weight excluding hydrogens is 184 g/mol. The Hall–Kier alpha value is -0.860. The largest absolute Gasteiger partial charge is 0.321 e. The van der Waals surface area contributed by atoms with Gasteiger partial charge in [0.1, 0.15) is 0 Å². The maximum atomic E-state index is 6.51. The van der Waals surface area contributed by atoms with Crippen molar-refractivity contribution >= 4 is 0 Å². The second kappa shape index (κ2) is 3.95. The molecule has 2 heteroatoms. The van der Waals surface area contributed by atoms with Crippen LogP contribution in [0.15, 0.2) is 30.3 Å². The van der Waals surface area contributed by atoms with Crippen molar-refractivity contribution in [3.05, 3.63) is 35.9 Å². The maximum Gasteiger partial charge on any atom is 0.0436 e. The van der Waals surface area contributed by atoms with E-state index < -0.39 is 0 Å².